The Bertz CT molecular complexity index is 169. The maximum atomic E-state index is 10.1. The molecule has 0 atom stereocenters. The van der Waals surface area contributed by atoms with Gasteiger partial charge in [0.2, 0.25) is 0 Å². The summed E-state index contributed by atoms with van der Waals surface area (Å²) >= 11 is 0. The molecule has 4 heteroatoms. The zero-order valence-electron chi connectivity index (χ0n) is 11.4. The minimum absolute atomic E-state index is 0.182. The van der Waals surface area contributed by atoms with Crippen molar-refractivity contribution in [2.45, 2.75) is 59.3 Å². The predicted octanol–water partition coefficient (Wildman–Crippen LogP) is 3.09. The van der Waals surface area contributed by atoms with Gasteiger partial charge in [0, 0.05) is 6.92 Å². The topological polar surface area (TPSA) is 52.6 Å². The SMILES string of the molecule is CCCCCCOC=O.CCCCOC(C)=O. The molecule has 0 aromatic rings. The van der Waals surface area contributed by atoms with Crippen LogP contribution in [0, 0.1) is 0 Å². The molecule has 0 bridgehead atoms. The van der Waals surface area contributed by atoms with Crippen LogP contribution < -0.4 is 0 Å². The highest BCUT2D eigenvalue weighted by molar-refractivity contribution is 5.65. The van der Waals surface area contributed by atoms with Crippen molar-refractivity contribution < 1.29 is 19.1 Å². The highest BCUT2D eigenvalue weighted by Gasteiger charge is 1.88. The van der Waals surface area contributed by atoms with Gasteiger partial charge in [-0.25, -0.2) is 0 Å². The summed E-state index contributed by atoms with van der Waals surface area (Å²) in [4.78, 5) is 19.7. The smallest absolute Gasteiger partial charge is 0.302 e. The van der Waals surface area contributed by atoms with E-state index in [2.05, 4.69) is 23.3 Å². The maximum Gasteiger partial charge on any atom is 0.302 e. The molecule has 0 saturated heterocycles. The lowest BCUT2D eigenvalue weighted by molar-refractivity contribution is -0.141. The van der Waals surface area contributed by atoms with Crippen LogP contribution >= 0.6 is 0 Å². The monoisotopic (exact) mass is 246 g/mol. The van der Waals surface area contributed by atoms with Crippen molar-refractivity contribution in [1.82, 2.24) is 0 Å². The summed E-state index contributed by atoms with van der Waals surface area (Å²) < 4.78 is 9.14. The number of ether oxygens (including phenoxy) is 2. The lowest BCUT2D eigenvalue weighted by atomic mass is 10.2. The molecule has 0 saturated carbocycles. The van der Waals surface area contributed by atoms with Crippen LogP contribution in [0.25, 0.3) is 0 Å². The Hall–Kier alpha value is -1.06. The molecule has 0 aromatic heterocycles. The van der Waals surface area contributed by atoms with Gasteiger partial charge in [-0.1, -0.05) is 39.5 Å². The quantitative estimate of drug-likeness (QED) is 0.356. The van der Waals surface area contributed by atoms with Gasteiger partial charge in [-0.05, 0) is 12.8 Å². The minimum atomic E-state index is -0.182. The van der Waals surface area contributed by atoms with Crippen molar-refractivity contribution in [1.29, 1.82) is 0 Å². The van der Waals surface area contributed by atoms with Crippen LogP contribution in [-0.2, 0) is 19.1 Å². The molecule has 0 radical (unpaired) electrons. The summed E-state index contributed by atoms with van der Waals surface area (Å²) in [6.07, 6.45) is 6.69. The third kappa shape index (κ3) is 25.3. The van der Waals surface area contributed by atoms with Crippen LogP contribution in [-0.4, -0.2) is 25.7 Å². The second-order valence-electron chi connectivity index (χ2n) is 3.72. The number of carbonyl (C=O) groups excluding carboxylic acids is 2. The Balaban J connectivity index is 0. The van der Waals surface area contributed by atoms with Crippen LogP contribution in [0.4, 0.5) is 0 Å². The second kappa shape index (κ2) is 17.3. The fourth-order valence-corrected chi connectivity index (χ4v) is 1.02. The number of hydrogen-bond acceptors (Lipinski definition) is 4. The lowest BCUT2D eigenvalue weighted by Gasteiger charge is -1.96. The van der Waals surface area contributed by atoms with Crippen LogP contribution in [0.5, 0.6) is 0 Å². The number of hydrogen-bond donors (Lipinski definition) is 0. The van der Waals surface area contributed by atoms with Crippen molar-refractivity contribution in [2.24, 2.45) is 0 Å². The first kappa shape index (κ1) is 18.3. The summed E-state index contributed by atoms with van der Waals surface area (Å²) in [7, 11) is 0. The molecule has 0 heterocycles. The van der Waals surface area contributed by atoms with Gasteiger partial charge in [-0.2, -0.15) is 0 Å². The Morgan fingerprint density at radius 2 is 1.65 bits per heavy atom. The molecular formula is C13H26O4. The van der Waals surface area contributed by atoms with E-state index >= 15 is 0 Å². The highest BCUT2D eigenvalue weighted by atomic mass is 16.5. The molecule has 0 aromatic carbocycles. The van der Waals surface area contributed by atoms with E-state index in [4.69, 9.17) is 0 Å². The van der Waals surface area contributed by atoms with Gasteiger partial charge < -0.3 is 9.47 Å². The molecule has 102 valence electrons. The van der Waals surface area contributed by atoms with Gasteiger partial charge in [0.1, 0.15) is 0 Å². The average molecular weight is 246 g/mol. The van der Waals surface area contributed by atoms with Gasteiger partial charge in [0.25, 0.3) is 6.47 Å². The Labute approximate surface area is 105 Å². The summed E-state index contributed by atoms with van der Waals surface area (Å²) in [5.41, 5.74) is 0. The highest BCUT2D eigenvalue weighted by Crippen LogP contribution is 1.97. The molecule has 0 aliphatic rings. The van der Waals surface area contributed by atoms with Crippen molar-refractivity contribution in [3.8, 4) is 0 Å². The molecule has 0 N–H and O–H groups in total. The van der Waals surface area contributed by atoms with Gasteiger partial charge >= 0.3 is 5.97 Å². The van der Waals surface area contributed by atoms with E-state index in [-0.39, 0.29) is 5.97 Å². The minimum Gasteiger partial charge on any atom is -0.468 e. The zero-order valence-corrected chi connectivity index (χ0v) is 11.4. The number of unbranched alkanes of at least 4 members (excludes halogenated alkanes) is 4. The summed E-state index contributed by atoms with van der Waals surface area (Å²) in [5.74, 6) is -0.182. The molecule has 0 rings (SSSR count). The van der Waals surface area contributed by atoms with Gasteiger partial charge in [0.05, 0.1) is 13.2 Å². The number of rotatable bonds is 9. The van der Waals surface area contributed by atoms with E-state index in [1.807, 2.05) is 0 Å². The van der Waals surface area contributed by atoms with Crippen molar-refractivity contribution in [2.75, 3.05) is 13.2 Å². The van der Waals surface area contributed by atoms with Crippen LogP contribution in [0.1, 0.15) is 59.3 Å². The third-order valence-corrected chi connectivity index (χ3v) is 1.99. The van der Waals surface area contributed by atoms with E-state index in [9.17, 15) is 9.59 Å². The van der Waals surface area contributed by atoms with E-state index in [1.54, 1.807) is 0 Å². The van der Waals surface area contributed by atoms with Crippen LogP contribution in [0.2, 0.25) is 0 Å². The Morgan fingerprint density at radius 1 is 1.00 bits per heavy atom. The molecule has 0 spiro atoms. The predicted molar refractivity (Wildman–Crippen MR) is 67.7 cm³/mol. The summed E-state index contributed by atoms with van der Waals surface area (Å²) in [5, 5.41) is 0. The number of carbonyl (C=O) groups is 2. The van der Waals surface area contributed by atoms with Crippen molar-refractivity contribution in [3.63, 3.8) is 0 Å². The molecule has 0 unspecified atom stereocenters. The van der Waals surface area contributed by atoms with Crippen molar-refractivity contribution in [3.05, 3.63) is 0 Å². The van der Waals surface area contributed by atoms with E-state index in [1.165, 1.54) is 26.2 Å². The first-order valence-electron chi connectivity index (χ1n) is 6.37. The fourth-order valence-electron chi connectivity index (χ4n) is 1.02. The maximum absolute atomic E-state index is 10.1. The molecule has 17 heavy (non-hydrogen) atoms. The zero-order chi connectivity index (χ0) is 13.4. The molecular weight excluding hydrogens is 220 g/mol. The van der Waals surface area contributed by atoms with Crippen LogP contribution in [0.3, 0.4) is 0 Å². The lowest BCUT2D eigenvalue weighted by Crippen LogP contribution is -1.99. The van der Waals surface area contributed by atoms with E-state index in [0.717, 1.165) is 19.3 Å². The summed E-state index contributed by atoms with van der Waals surface area (Å²) in [6, 6.07) is 0. The second-order valence-corrected chi connectivity index (χ2v) is 3.72. The first-order valence-corrected chi connectivity index (χ1v) is 6.37. The molecule has 0 aliphatic heterocycles. The molecule has 0 aliphatic carbocycles. The fraction of sp³-hybridized carbons (Fsp3) is 0.846. The van der Waals surface area contributed by atoms with Crippen molar-refractivity contribution >= 4 is 12.4 Å². The summed E-state index contributed by atoms with van der Waals surface area (Å²) in [6.45, 7) is 7.31. The molecule has 0 amide bonds. The Kier molecular flexibility index (Phi) is 18.7. The van der Waals surface area contributed by atoms with E-state index < -0.39 is 0 Å². The van der Waals surface area contributed by atoms with Gasteiger partial charge in [0.15, 0.2) is 0 Å². The average Bonchev–Trinajstić information content (AvgIpc) is 2.30. The number of esters is 1. The van der Waals surface area contributed by atoms with E-state index in [0.29, 0.717) is 19.7 Å². The molecule has 4 nitrogen and oxygen atoms in total. The Morgan fingerprint density at radius 3 is 2.12 bits per heavy atom. The third-order valence-electron chi connectivity index (χ3n) is 1.99. The first-order chi connectivity index (χ1) is 8.18. The van der Waals surface area contributed by atoms with Gasteiger partial charge in [-0.3, -0.25) is 9.59 Å². The standard InChI is InChI=1S/C7H14O2.C6H12O2/c1-2-3-4-5-6-9-7-8;1-3-4-5-8-6(2)7/h7H,2-6H2,1H3;3-5H2,1-2H3. The van der Waals surface area contributed by atoms with Gasteiger partial charge in [-0.15, -0.1) is 0 Å². The molecule has 0 fully saturated rings. The normalized spacial score (nSPS) is 8.88. The van der Waals surface area contributed by atoms with Crippen LogP contribution in [0.15, 0.2) is 0 Å². The largest absolute Gasteiger partial charge is 0.468 e.